The van der Waals surface area contributed by atoms with Crippen molar-refractivity contribution in [1.82, 2.24) is 29.5 Å². The van der Waals surface area contributed by atoms with E-state index in [2.05, 4.69) is 32.1 Å². The first-order valence-corrected chi connectivity index (χ1v) is 9.15. The largest absolute Gasteiger partial charge is 0.346 e. The summed E-state index contributed by atoms with van der Waals surface area (Å²) >= 11 is 0. The minimum atomic E-state index is 0. The number of nitrogens with one attached hydrogen (secondary N) is 1. The number of aryl methyl sites for hydroxylation is 1. The predicted octanol–water partition coefficient (Wildman–Crippen LogP) is 2.66. The van der Waals surface area contributed by atoms with Crippen LogP contribution in [0.3, 0.4) is 0 Å². The van der Waals surface area contributed by atoms with Gasteiger partial charge in [0.25, 0.3) is 0 Å². The number of hydrogen-bond donors (Lipinski definition) is 1. The van der Waals surface area contributed by atoms with Gasteiger partial charge in [-0.3, -0.25) is 14.4 Å². The zero-order chi connectivity index (χ0) is 18.8. The highest BCUT2D eigenvalue weighted by Gasteiger charge is 2.19. The molecule has 0 aromatic carbocycles. The summed E-state index contributed by atoms with van der Waals surface area (Å²) in [6.45, 7) is 2.69. The molecule has 0 radical (unpaired) electrons. The maximum Gasteiger partial charge on any atom is 0.236 e. The molecule has 3 aromatic rings. The fraction of sp³-hybridized carbons (Fsp3) is 0.350. The van der Waals surface area contributed by atoms with E-state index in [-0.39, 0.29) is 29.9 Å². The third-order valence-electron chi connectivity index (χ3n) is 5.05. The van der Waals surface area contributed by atoms with E-state index < -0.39 is 0 Å². The van der Waals surface area contributed by atoms with Gasteiger partial charge in [0.05, 0.1) is 12.7 Å². The fourth-order valence-corrected chi connectivity index (χ4v) is 3.55. The molecule has 1 aliphatic rings. The second kappa shape index (κ2) is 8.87. The molecule has 1 N–H and O–H groups in total. The van der Waals surface area contributed by atoms with Crippen LogP contribution in [0.1, 0.15) is 17.5 Å². The van der Waals surface area contributed by atoms with Crippen LogP contribution in [-0.4, -0.2) is 62.1 Å². The van der Waals surface area contributed by atoms with E-state index in [1.165, 1.54) is 11.1 Å². The van der Waals surface area contributed by atoms with Crippen molar-refractivity contribution >= 4 is 46.5 Å². The van der Waals surface area contributed by atoms with Crippen molar-refractivity contribution in [3.8, 4) is 0 Å². The number of nitrogens with zero attached hydrogens (tertiary/aromatic N) is 5. The summed E-state index contributed by atoms with van der Waals surface area (Å²) in [7, 11) is 3.73. The van der Waals surface area contributed by atoms with E-state index >= 15 is 0 Å². The normalized spacial score (nSPS) is 14.6. The molecule has 0 saturated carbocycles. The van der Waals surface area contributed by atoms with Gasteiger partial charge in [-0.25, -0.2) is 4.98 Å². The number of fused-ring (bicyclic) bond motifs is 1. The lowest BCUT2D eigenvalue weighted by Gasteiger charge is -2.27. The summed E-state index contributed by atoms with van der Waals surface area (Å²) in [6, 6.07) is 4.06. The van der Waals surface area contributed by atoms with Crippen molar-refractivity contribution < 1.29 is 4.79 Å². The van der Waals surface area contributed by atoms with E-state index in [0.717, 1.165) is 36.1 Å². The van der Waals surface area contributed by atoms with Gasteiger partial charge < -0.3 is 9.88 Å². The van der Waals surface area contributed by atoms with Gasteiger partial charge in [0, 0.05) is 68.8 Å². The molecular weight excluding hydrogens is 467 g/mol. The van der Waals surface area contributed by atoms with Gasteiger partial charge in [-0.15, -0.1) is 24.0 Å². The number of aromatic amines is 1. The average molecular weight is 492 g/mol. The predicted molar refractivity (Wildman–Crippen MR) is 120 cm³/mol. The Morgan fingerprint density at radius 2 is 2.25 bits per heavy atom. The van der Waals surface area contributed by atoms with Gasteiger partial charge in [-0.05, 0) is 24.1 Å². The quantitative estimate of drug-likeness (QED) is 0.557. The number of likely N-dealkylation sites (N-methyl/N-ethyl adjacent to an activating group) is 1. The molecule has 7 nitrogen and oxygen atoms in total. The average Bonchev–Trinajstić information content (AvgIpc) is 3.28. The lowest BCUT2D eigenvalue weighted by Crippen LogP contribution is -2.39. The van der Waals surface area contributed by atoms with Crippen LogP contribution in [0.2, 0.25) is 0 Å². The van der Waals surface area contributed by atoms with Gasteiger partial charge in [0.15, 0.2) is 0 Å². The van der Waals surface area contributed by atoms with Crippen LogP contribution < -0.4 is 0 Å². The van der Waals surface area contributed by atoms with Crippen LogP contribution in [-0.2, 0) is 18.4 Å². The number of rotatable bonds is 5. The van der Waals surface area contributed by atoms with Gasteiger partial charge in [-0.1, -0.05) is 6.08 Å². The summed E-state index contributed by atoms with van der Waals surface area (Å²) in [5, 5.41) is 5.31. The Kier molecular flexibility index (Phi) is 6.50. The Hall–Kier alpha value is -2.20. The molecule has 3 aromatic heterocycles. The first kappa shape index (κ1) is 20.5. The second-order valence-electron chi connectivity index (χ2n) is 7.09. The molecule has 0 aliphatic carbocycles. The zero-order valence-corrected chi connectivity index (χ0v) is 18.5. The summed E-state index contributed by atoms with van der Waals surface area (Å²) in [4.78, 5) is 24.1. The number of aromatic nitrogens is 4. The summed E-state index contributed by atoms with van der Waals surface area (Å²) in [6.07, 6.45) is 10.7. The minimum absolute atomic E-state index is 0. The maximum atomic E-state index is 12.5. The summed E-state index contributed by atoms with van der Waals surface area (Å²) < 4.78 is 1.75. The zero-order valence-electron chi connectivity index (χ0n) is 16.1. The second-order valence-corrected chi connectivity index (χ2v) is 7.09. The van der Waals surface area contributed by atoms with Crippen molar-refractivity contribution in [3.63, 3.8) is 0 Å². The Morgan fingerprint density at radius 1 is 1.39 bits per heavy atom. The number of pyridine rings is 1. The highest BCUT2D eigenvalue weighted by molar-refractivity contribution is 14.0. The number of halogens is 1. The molecule has 148 valence electrons. The van der Waals surface area contributed by atoms with E-state index in [4.69, 9.17) is 0 Å². The van der Waals surface area contributed by atoms with Crippen molar-refractivity contribution in [2.75, 3.05) is 26.7 Å². The Bertz CT molecular complexity index is 991. The van der Waals surface area contributed by atoms with Crippen LogP contribution in [0.5, 0.6) is 0 Å². The van der Waals surface area contributed by atoms with Crippen molar-refractivity contribution in [2.24, 2.45) is 7.05 Å². The smallest absolute Gasteiger partial charge is 0.236 e. The standard InChI is InChI=1S/C20H24N6O.HI/c1-24(12-15-10-23-25(2)13-15)19(27)14-26-8-5-16(6-9-26)18-11-22-20-17(18)4-3-7-21-20;/h3-5,7,10-11,13H,6,8-9,12,14H2,1-2H3,(H,21,22);1H. The SMILES string of the molecule is CN(Cc1cnn(C)c1)C(=O)CN1CC=C(c2c[nH]c3ncccc23)CC1.I. The van der Waals surface area contributed by atoms with Crippen LogP contribution in [0, 0.1) is 0 Å². The summed E-state index contributed by atoms with van der Waals surface area (Å²) in [5.74, 6) is 0.131. The highest BCUT2D eigenvalue weighted by Crippen LogP contribution is 2.28. The highest BCUT2D eigenvalue weighted by atomic mass is 127. The molecule has 28 heavy (non-hydrogen) atoms. The number of amides is 1. The van der Waals surface area contributed by atoms with E-state index in [1.807, 2.05) is 32.6 Å². The van der Waals surface area contributed by atoms with Crippen molar-refractivity contribution in [2.45, 2.75) is 13.0 Å². The Morgan fingerprint density at radius 3 is 2.96 bits per heavy atom. The van der Waals surface area contributed by atoms with Crippen LogP contribution in [0.25, 0.3) is 16.6 Å². The lowest BCUT2D eigenvalue weighted by molar-refractivity contribution is -0.131. The third-order valence-corrected chi connectivity index (χ3v) is 5.05. The monoisotopic (exact) mass is 492 g/mol. The molecule has 1 amide bonds. The minimum Gasteiger partial charge on any atom is -0.346 e. The first-order valence-electron chi connectivity index (χ1n) is 9.15. The van der Waals surface area contributed by atoms with Gasteiger partial charge in [-0.2, -0.15) is 5.10 Å². The molecule has 0 unspecified atom stereocenters. The molecule has 8 heteroatoms. The van der Waals surface area contributed by atoms with Crippen molar-refractivity contribution in [1.29, 1.82) is 0 Å². The van der Waals surface area contributed by atoms with Crippen molar-refractivity contribution in [3.05, 3.63) is 54.1 Å². The number of carbonyl (C=O) groups excluding carboxylic acids is 1. The molecule has 0 spiro atoms. The number of H-pyrrole nitrogens is 1. The first-order chi connectivity index (χ1) is 13.1. The van der Waals surface area contributed by atoms with Crippen LogP contribution >= 0.6 is 24.0 Å². The Labute approximate surface area is 181 Å². The molecule has 0 bridgehead atoms. The topological polar surface area (TPSA) is 70.1 Å². The summed E-state index contributed by atoms with van der Waals surface area (Å²) in [5.41, 5.74) is 4.50. The van der Waals surface area contributed by atoms with E-state index in [1.54, 1.807) is 22.0 Å². The lowest BCUT2D eigenvalue weighted by atomic mass is 9.99. The molecular formula is C20H25IN6O. The van der Waals surface area contributed by atoms with E-state index in [9.17, 15) is 4.79 Å². The molecule has 0 atom stereocenters. The number of carbonyl (C=O) groups is 1. The molecule has 4 rings (SSSR count). The molecule has 0 fully saturated rings. The third kappa shape index (κ3) is 4.44. The molecule has 4 heterocycles. The fourth-order valence-electron chi connectivity index (χ4n) is 3.55. The van der Waals surface area contributed by atoms with Gasteiger partial charge in [0.2, 0.25) is 5.91 Å². The van der Waals surface area contributed by atoms with Gasteiger partial charge in [0.1, 0.15) is 5.65 Å². The van der Waals surface area contributed by atoms with E-state index in [0.29, 0.717) is 13.1 Å². The number of hydrogen-bond acceptors (Lipinski definition) is 4. The Balaban J connectivity index is 0.00000225. The van der Waals surface area contributed by atoms with Crippen LogP contribution in [0.15, 0.2) is 43.0 Å². The maximum absolute atomic E-state index is 12.5. The molecule has 0 saturated heterocycles. The van der Waals surface area contributed by atoms with Crippen LogP contribution in [0.4, 0.5) is 0 Å². The van der Waals surface area contributed by atoms with Gasteiger partial charge >= 0.3 is 0 Å². The molecule has 1 aliphatic heterocycles.